The van der Waals surface area contributed by atoms with Gasteiger partial charge in [-0.1, -0.05) is 0 Å². The zero-order chi connectivity index (χ0) is 15.4. The van der Waals surface area contributed by atoms with Crippen LogP contribution in [0.15, 0.2) is 12.4 Å². The normalized spacial score (nSPS) is 23.7. The van der Waals surface area contributed by atoms with Gasteiger partial charge in [-0.15, -0.1) is 0 Å². The zero-order valence-electron chi connectivity index (χ0n) is 13.4. The first-order valence-electron chi connectivity index (χ1n) is 8.40. The summed E-state index contributed by atoms with van der Waals surface area (Å²) in [7, 11) is 0. The third kappa shape index (κ3) is 3.67. The summed E-state index contributed by atoms with van der Waals surface area (Å²) in [6.45, 7) is 8.27. The first-order chi connectivity index (χ1) is 10.8. The van der Waals surface area contributed by atoms with Crippen LogP contribution < -0.4 is 0 Å². The quantitative estimate of drug-likeness (QED) is 0.836. The molecule has 2 aliphatic heterocycles. The van der Waals surface area contributed by atoms with Crippen LogP contribution in [0.1, 0.15) is 31.7 Å². The minimum atomic E-state index is -0.186. The van der Waals surface area contributed by atoms with Gasteiger partial charge in [-0.2, -0.15) is 5.10 Å². The van der Waals surface area contributed by atoms with Gasteiger partial charge in [0.05, 0.1) is 6.20 Å². The molecule has 2 aliphatic rings. The Hall–Kier alpha value is -1.40. The van der Waals surface area contributed by atoms with Crippen molar-refractivity contribution in [2.45, 2.75) is 45.4 Å². The molecule has 0 aromatic carbocycles. The summed E-state index contributed by atoms with van der Waals surface area (Å²) in [4.78, 5) is 16.8. The highest BCUT2D eigenvalue weighted by atomic mass is 16.5. The van der Waals surface area contributed by atoms with Gasteiger partial charge >= 0.3 is 0 Å². The van der Waals surface area contributed by atoms with Crippen molar-refractivity contribution in [3.63, 3.8) is 0 Å². The van der Waals surface area contributed by atoms with Crippen LogP contribution in [0.4, 0.5) is 0 Å². The predicted octanol–water partition coefficient (Wildman–Crippen LogP) is 1.12. The molecule has 1 aromatic heterocycles. The van der Waals surface area contributed by atoms with Crippen LogP contribution in [-0.2, 0) is 22.6 Å². The third-order valence-electron chi connectivity index (χ3n) is 4.52. The fraction of sp³-hybridized carbons (Fsp3) is 0.750. The van der Waals surface area contributed by atoms with Crippen LogP contribution in [0.5, 0.6) is 0 Å². The van der Waals surface area contributed by atoms with Crippen molar-refractivity contribution in [2.75, 3.05) is 32.8 Å². The molecule has 0 saturated carbocycles. The number of carbonyl (C=O) groups is 1. The maximum absolute atomic E-state index is 12.4. The molecular weight excluding hydrogens is 280 g/mol. The number of aryl methyl sites for hydroxylation is 1. The number of amides is 1. The first kappa shape index (κ1) is 15.5. The van der Waals surface area contributed by atoms with Crippen molar-refractivity contribution in [3.05, 3.63) is 18.0 Å². The van der Waals surface area contributed by atoms with E-state index in [-0.39, 0.29) is 12.0 Å². The summed E-state index contributed by atoms with van der Waals surface area (Å²) < 4.78 is 7.49. The van der Waals surface area contributed by atoms with Gasteiger partial charge in [0.15, 0.2) is 0 Å². The van der Waals surface area contributed by atoms with E-state index in [1.807, 2.05) is 15.8 Å². The molecule has 0 aliphatic carbocycles. The Balaban J connectivity index is 1.52. The number of carbonyl (C=O) groups excluding carboxylic acids is 1. The van der Waals surface area contributed by atoms with E-state index in [9.17, 15) is 4.79 Å². The molecule has 0 N–H and O–H groups in total. The Morgan fingerprint density at radius 2 is 2.23 bits per heavy atom. The lowest BCUT2D eigenvalue weighted by Gasteiger charge is -2.24. The van der Waals surface area contributed by atoms with Crippen molar-refractivity contribution in [1.82, 2.24) is 19.6 Å². The van der Waals surface area contributed by atoms with Crippen LogP contribution in [0.3, 0.4) is 0 Å². The molecule has 1 amide bonds. The molecule has 1 atom stereocenters. The number of rotatable bonds is 4. The van der Waals surface area contributed by atoms with Crippen LogP contribution in [0, 0.1) is 0 Å². The molecule has 6 nitrogen and oxygen atoms in total. The fourth-order valence-electron chi connectivity index (χ4n) is 3.24. The van der Waals surface area contributed by atoms with E-state index in [0.29, 0.717) is 0 Å². The van der Waals surface area contributed by atoms with E-state index >= 15 is 0 Å². The molecule has 122 valence electrons. The SMILES string of the molecule is CCn1cc(CN2CCCN(C(=O)[C@@H]3CCCO3)CC2)cn1. The van der Waals surface area contributed by atoms with Crippen molar-refractivity contribution in [2.24, 2.45) is 0 Å². The second-order valence-electron chi connectivity index (χ2n) is 6.16. The molecule has 3 rings (SSSR count). The van der Waals surface area contributed by atoms with Crippen LogP contribution in [0.2, 0.25) is 0 Å². The van der Waals surface area contributed by atoms with Gasteiger partial charge < -0.3 is 9.64 Å². The summed E-state index contributed by atoms with van der Waals surface area (Å²) in [5, 5.41) is 4.33. The number of hydrogen-bond donors (Lipinski definition) is 0. The van der Waals surface area contributed by atoms with Crippen molar-refractivity contribution in [3.8, 4) is 0 Å². The van der Waals surface area contributed by atoms with E-state index in [4.69, 9.17) is 4.74 Å². The monoisotopic (exact) mass is 306 g/mol. The third-order valence-corrected chi connectivity index (χ3v) is 4.52. The van der Waals surface area contributed by atoms with Crippen LogP contribution in [-0.4, -0.2) is 64.4 Å². The summed E-state index contributed by atoms with van der Waals surface area (Å²) >= 11 is 0. The van der Waals surface area contributed by atoms with Crippen molar-refractivity contribution in [1.29, 1.82) is 0 Å². The topological polar surface area (TPSA) is 50.6 Å². The number of ether oxygens (including phenoxy) is 1. The summed E-state index contributed by atoms with van der Waals surface area (Å²) in [6.07, 6.45) is 6.80. The van der Waals surface area contributed by atoms with Gasteiger partial charge in [-0.3, -0.25) is 14.4 Å². The molecule has 2 saturated heterocycles. The zero-order valence-corrected chi connectivity index (χ0v) is 13.4. The highest BCUT2D eigenvalue weighted by Crippen LogP contribution is 2.16. The molecule has 0 spiro atoms. The fourth-order valence-corrected chi connectivity index (χ4v) is 3.24. The Morgan fingerprint density at radius 1 is 1.32 bits per heavy atom. The van der Waals surface area contributed by atoms with Gasteiger partial charge in [0.1, 0.15) is 6.10 Å². The van der Waals surface area contributed by atoms with Crippen molar-refractivity contribution < 1.29 is 9.53 Å². The van der Waals surface area contributed by atoms with Gasteiger partial charge in [0.2, 0.25) is 0 Å². The Kier molecular flexibility index (Phi) is 5.10. The van der Waals surface area contributed by atoms with Gasteiger partial charge in [-0.05, 0) is 26.2 Å². The largest absolute Gasteiger partial charge is 0.368 e. The minimum Gasteiger partial charge on any atom is -0.368 e. The first-order valence-corrected chi connectivity index (χ1v) is 8.40. The van der Waals surface area contributed by atoms with E-state index in [1.54, 1.807) is 0 Å². The molecule has 22 heavy (non-hydrogen) atoms. The van der Waals surface area contributed by atoms with Crippen molar-refractivity contribution >= 4 is 5.91 Å². The molecule has 0 unspecified atom stereocenters. The lowest BCUT2D eigenvalue weighted by molar-refractivity contribution is -0.140. The van der Waals surface area contributed by atoms with E-state index in [1.165, 1.54) is 5.56 Å². The second kappa shape index (κ2) is 7.24. The molecule has 6 heteroatoms. The second-order valence-corrected chi connectivity index (χ2v) is 6.16. The van der Waals surface area contributed by atoms with E-state index in [0.717, 1.165) is 65.1 Å². The highest BCUT2D eigenvalue weighted by Gasteiger charge is 2.29. The van der Waals surface area contributed by atoms with E-state index in [2.05, 4.69) is 23.1 Å². The molecule has 1 aromatic rings. The number of aromatic nitrogens is 2. The molecular formula is C16H26N4O2. The van der Waals surface area contributed by atoms with E-state index < -0.39 is 0 Å². The van der Waals surface area contributed by atoms with Crippen LogP contribution in [0.25, 0.3) is 0 Å². The predicted molar refractivity (Wildman–Crippen MR) is 83.3 cm³/mol. The van der Waals surface area contributed by atoms with Crippen LogP contribution >= 0.6 is 0 Å². The molecule has 0 bridgehead atoms. The number of nitrogens with zero attached hydrogens (tertiary/aromatic N) is 4. The minimum absolute atomic E-state index is 0.186. The maximum atomic E-state index is 12.4. The summed E-state index contributed by atoms with van der Waals surface area (Å²) in [6, 6.07) is 0. The molecule has 3 heterocycles. The average molecular weight is 306 g/mol. The van der Waals surface area contributed by atoms with Gasteiger partial charge in [-0.25, -0.2) is 0 Å². The average Bonchev–Trinajstić information content (AvgIpc) is 3.16. The smallest absolute Gasteiger partial charge is 0.251 e. The highest BCUT2D eigenvalue weighted by molar-refractivity contribution is 5.81. The maximum Gasteiger partial charge on any atom is 0.251 e. The molecule has 0 radical (unpaired) electrons. The lowest BCUT2D eigenvalue weighted by atomic mass is 10.2. The summed E-state index contributed by atoms with van der Waals surface area (Å²) in [5.41, 5.74) is 1.25. The summed E-state index contributed by atoms with van der Waals surface area (Å²) in [5.74, 6) is 0.193. The Bertz CT molecular complexity index is 496. The number of hydrogen-bond acceptors (Lipinski definition) is 4. The van der Waals surface area contributed by atoms with Gasteiger partial charge in [0.25, 0.3) is 5.91 Å². The van der Waals surface area contributed by atoms with Gasteiger partial charge in [0, 0.05) is 57.6 Å². The Labute approximate surface area is 132 Å². The standard InChI is InChI=1S/C16H26N4O2/c1-2-20-13-14(11-17-20)12-18-6-4-7-19(9-8-18)16(21)15-5-3-10-22-15/h11,13,15H,2-10,12H2,1H3/t15-/m0/s1. The Morgan fingerprint density at radius 3 is 2.95 bits per heavy atom. The lowest BCUT2D eigenvalue weighted by Crippen LogP contribution is -2.41. The molecule has 2 fully saturated rings.